The van der Waals surface area contributed by atoms with E-state index >= 15 is 0 Å². The van der Waals surface area contributed by atoms with Crippen molar-refractivity contribution in [3.8, 4) is 5.75 Å². The number of rotatable bonds is 7. The first-order valence-corrected chi connectivity index (χ1v) is 6.31. The average molecular weight is 292 g/mol. The molecule has 1 aromatic heterocycles. The zero-order valence-corrected chi connectivity index (χ0v) is 11.5. The van der Waals surface area contributed by atoms with Crippen LogP contribution < -0.4 is 10.1 Å². The molecule has 1 heterocycles. The van der Waals surface area contributed by atoms with Gasteiger partial charge in [0.25, 0.3) is 0 Å². The molecule has 0 aliphatic carbocycles. The van der Waals surface area contributed by atoms with Crippen LogP contribution in [0.4, 0.5) is 11.4 Å². The van der Waals surface area contributed by atoms with Gasteiger partial charge in [-0.2, -0.15) is 5.10 Å². The van der Waals surface area contributed by atoms with Gasteiger partial charge in [-0.3, -0.25) is 14.8 Å². The normalized spacial score (nSPS) is 11.9. The summed E-state index contributed by atoms with van der Waals surface area (Å²) in [7, 11) is 1.59. The van der Waals surface area contributed by atoms with Crippen LogP contribution in [0.15, 0.2) is 36.7 Å². The molecule has 0 fully saturated rings. The van der Waals surface area contributed by atoms with Gasteiger partial charge < -0.3 is 15.2 Å². The minimum Gasteiger partial charge on any atom is -0.497 e. The van der Waals surface area contributed by atoms with E-state index in [2.05, 4.69) is 10.4 Å². The van der Waals surface area contributed by atoms with E-state index in [1.54, 1.807) is 7.11 Å². The van der Waals surface area contributed by atoms with Crippen molar-refractivity contribution in [3.05, 3.63) is 46.8 Å². The van der Waals surface area contributed by atoms with Crippen molar-refractivity contribution < 1.29 is 14.8 Å². The van der Waals surface area contributed by atoms with Crippen molar-refractivity contribution in [1.82, 2.24) is 9.78 Å². The number of nitro groups is 1. The van der Waals surface area contributed by atoms with E-state index in [0.29, 0.717) is 6.54 Å². The van der Waals surface area contributed by atoms with Crippen molar-refractivity contribution in [2.45, 2.75) is 12.6 Å². The molecule has 2 rings (SSSR count). The molecular weight excluding hydrogens is 276 g/mol. The summed E-state index contributed by atoms with van der Waals surface area (Å²) in [5, 5.41) is 27.3. The van der Waals surface area contributed by atoms with Crippen LogP contribution in [0.25, 0.3) is 0 Å². The highest BCUT2D eigenvalue weighted by atomic mass is 16.6. The Morgan fingerprint density at radius 2 is 2.19 bits per heavy atom. The second-order valence-corrected chi connectivity index (χ2v) is 4.44. The Labute approximate surface area is 121 Å². The molecule has 8 heteroatoms. The lowest BCUT2D eigenvalue weighted by Crippen LogP contribution is -2.25. The Bertz CT molecular complexity index is 596. The Morgan fingerprint density at radius 3 is 2.76 bits per heavy atom. The number of methoxy groups -OCH3 is 1. The number of hydrogen-bond acceptors (Lipinski definition) is 6. The van der Waals surface area contributed by atoms with Gasteiger partial charge in [0.15, 0.2) is 0 Å². The predicted octanol–water partition coefficient (Wildman–Crippen LogP) is 1.27. The van der Waals surface area contributed by atoms with Gasteiger partial charge in [-0.25, -0.2) is 0 Å². The first-order valence-electron chi connectivity index (χ1n) is 6.31. The predicted molar refractivity (Wildman–Crippen MR) is 76.4 cm³/mol. The first kappa shape index (κ1) is 14.8. The number of ether oxygens (including phenoxy) is 1. The van der Waals surface area contributed by atoms with Gasteiger partial charge in [0.2, 0.25) is 0 Å². The third-order valence-electron chi connectivity index (χ3n) is 2.86. The van der Waals surface area contributed by atoms with E-state index in [1.165, 1.54) is 10.9 Å². The van der Waals surface area contributed by atoms with Crippen molar-refractivity contribution in [3.63, 3.8) is 0 Å². The summed E-state index contributed by atoms with van der Waals surface area (Å²) < 4.78 is 6.40. The molecule has 0 saturated heterocycles. The fourth-order valence-electron chi connectivity index (χ4n) is 1.77. The van der Waals surface area contributed by atoms with Crippen LogP contribution in [0.3, 0.4) is 0 Å². The first-order chi connectivity index (χ1) is 10.1. The monoisotopic (exact) mass is 292 g/mol. The fourth-order valence-corrected chi connectivity index (χ4v) is 1.77. The van der Waals surface area contributed by atoms with Gasteiger partial charge in [-0.05, 0) is 24.3 Å². The lowest BCUT2D eigenvalue weighted by molar-refractivity contribution is -0.385. The van der Waals surface area contributed by atoms with E-state index in [9.17, 15) is 15.2 Å². The molecule has 2 aromatic rings. The Balaban J connectivity index is 1.83. The highest BCUT2D eigenvalue weighted by Crippen LogP contribution is 2.15. The third-order valence-corrected chi connectivity index (χ3v) is 2.86. The summed E-state index contributed by atoms with van der Waals surface area (Å²) in [6.07, 6.45) is 1.73. The zero-order chi connectivity index (χ0) is 15.2. The van der Waals surface area contributed by atoms with Crippen LogP contribution in [-0.4, -0.2) is 39.6 Å². The summed E-state index contributed by atoms with van der Waals surface area (Å²) >= 11 is 0. The average Bonchev–Trinajstić information content (AvgIpc) is 2.94. The lowest BCUT2D eigenvalue weighted by Gasteiger charge is -2.13. The number of anilines is 1. The van der Waals surface area contributed by atoms with Crippen LogP contribution in [0, 0.1) is 10.1 Å². The number of aliphatic hydroxyl groups is 1. The van der Waals surface area contributed by atoms with Gasteiger partial charge in [0, 0.05) is 12.2 Å². The van der Waals surface area contributed by atoms with Gasteiger partial charge in [0.05, 0.1) is 24.7 Å². The molecule has 21 heavy (non-hydrogen) atoms. The molecule has 1 unspecified atom stereocenters. The SMILES string of the molecule is COc1ccc(NCC(O)Cn2cc([N+](=O)[O-])cn2)cc1. The maximum Gasteiger partial charge on any atom is 0.306 e. The number of aliphatic hydroxyl groups excluding tert-OH is 1. The van der Waals surface area contributed by atoms with E-state index in [1.807, 2.05) is 24.3 Å². The van der Waals surface area contributed by atoms with Crippen molar-refractivity contribution in [2.24, 2.45) is 0 Å². The minimum absolute atomic E-state index is 0.0923. The highest BCUT2D eigenvalue weighted by molar-refractivity contribution is 5.46. The largest absolute Gasteiger partial charge is 0.497 e. The summed E-state index contributed by atoms with van der Waals surface area (Å²) in [4.78, 5) is 10.0. The zero-order valence-electron chi connectivity index (χ0n) is 11.5. The summed E-state index contributed by atoms with van der Waals surface area (Å²) in [5.74, 6) is 0.755. The van der Waals surface area contributed by atoms with Crippen LogP contribution >= 0.6 is 0 Å². The van der Waals surface area contributed by atoms with E-state index in [-0.39, 0.29) is 12.2 Å². The van der Waals surface area contributed by atoms with Gasteiger partial charge in [-0.1, -0.05) is 0 Å². The maximum atomic E-state index is 10.5. The summed E-state index contributed by atoms with van der Waals surface area (Å²) in [6, 6.07) is 7.30. The molecule has 8 nitrogen and oxygen atoms in total. The molecule has 2 N–H and O–H groups in total. The second kappa shape index (κ2) is 6.71. The standard InChI is InChI=1S/C13H16N4O4/c1-21-13-4-2-10(3-5-13)14-7-12(18)9-16-8-11(6-15-16)17(19)20/h2-6,8,12,14,18H,7,9H2,1H3. The van der Waals surface area contributed by atoms with Crippen molar-refractivity contribution in [2.75, 3.05) is 19.0 Å². The summed E-state index contributed by atoms with van der Waals surface area (Å²) in [6.45, 7) is 0.483. The van der Waals surface area contributed by atoms with Crippen molar-refractivity contribution in [1.29, 1.82) is 0 Å². The van der Waals surface area contributed by atoms with E-state index in [4.69, 9.17) is 4.74 Å². The molecule has 0 spiro atoms. The van der Waals surface area contributed by atoms with E-state index < -0.39 is 11.0 Å². The number of benzene rings is 1. The van der Waals surface area contributed by atoms with Crippen LogP contribution in [-0.2, 0) is 6.54 Å². The molecule has 0 bridgehead atoms. The topological polar surface area (TPSA) is 102 Å². The van der Waals surface area contributed by atoms with Gasteiger partial charge >= 0.3 is 5.69 Å². The smallest absolute Gasteiger partial charge is 0.306 e. The van der Waals surface area contributed by atoms with Gasteiger partial charge in [0.1, 0.15) is 18.1 Å². The number of nitrogens with zero attached hydrogens (tertiary/aromatic N) is 3. The maximum absolute atomic E-state index is 10.5. The Morgan fingerprint density at radius 1 is 1.48 bits per heavy atom. The number of aromatic nitrogens is 2. The Kier molecular flexibility index (Phi) is 4.72. The van der Waals surface area contributed by atoms with Crippen LogP contribution in [0.2, 0.25) is 0 Å². The minimum atomic E-state index is -0.716. The second-order valence-electron chi connectivity index (χ2n) is 4.44. The van der Waals surface area contributed by atoms with Crippen LogP contribution in [0.5, 0.6) is 5.75 Å². The van der Waals surface area contributed by atoms with Crippen molar-refractivity contribution >= 4 is 11.4 Å². The molecule has 0 aliphatic heterocycles. The Hall–Kier alpha value is -2.61. The number of hydrogen-bond donors (Lipinski definition) is 2. The number of nitrogens with one attached hydrogen (secondary N) is 1. The van der Waals surface area contributed by atoms with E-state index in [0.717, 1.165) is 17.6 Å². The molecular formula is C13H16N4O4. The molecule has 1 atom stereocenters. The van der Waals surface area contributed by atoms with Crippen LogP contribution in [0.1, 0.15) is 0 Å². The van der Waals surface area contributed by atoms with Gasteiger partial charge in [-0.15, -0.1) is 0 Å². The molecule has 112 valence electrons. The molecule has 0 saturated carbocycles. The quantitative estimate of drug-likeness (QED) is 0.588. The highest BCUT2D eigenvalue weighted by Gasteiger charge is 2.11. The molecule has 0 radical (unpaired) electrons. The third kappa shape index (κ3) is 4.18. The summed E-state index contributed by atoms with van der Waals surface area (Å²) in [5.41, 5.74) is 0.756. The molecule has 1 aromatic carbocycles. The fraction of sp³-hybridized carbons (Fsp3) is 0.308. The molecule has 0 amide bonds. The lowest BCUT2D eigenvalue weighted by atomic mass is 10.3. The molecule has 0 aliphatic rings.